The molecule has 7 nitrogen and oxygen atoms in total. The lowest BCUT2D eigenvalue weighted by Gasteiger charge is -2.13. The standard InChI is InChI=1S/C20H20N2O5/c1-3-25-13-7-10-18(26-4-2)16(12-13)22-20(24)14-8-9-15(21-19(14)23)17-6-5-11-27-17/h5-12H,3-4H2,1-2H3,(H,21,23)(H,22,24). The van der Waals surface area contributed by atoms with Gasteiger partial charge in [0, 0.05) is 6.07 Å². The van der Waals surface area contributed by atoms with E-state index < -0.39 is 11.5 Å². The van der Waals surface area contributed by atoms with E-state index in [1.54, 1.807) is 36.4 Å². The van der Waals surface area contributed by atoms with E-state index in [0.717, 1.165) is 0 Å². The molecule has 0 radical (unpaired) electrons. The molecule has 0 atom stereocenters. The van der Waals surface area contributed by atoms with Crippen LogP contribution in [0.2, 0.25) is 0 Å². The van der Waals surface area contributed by atoms with Crippen LogP contribution in [0, 0.1) is 0 Å². The third-order valence-corrected chi connectivity index (χ3v) is 3.75. The summed E-state index contributed by atoms with van der Waals surface area (Å²) in [7, 11) is 0. The molecule has 1 amide bonds. The monoisotopic (exact) mass is 368 g/mol. The van der Waals surface area contributed by atoms with E-state index in [9.17, 15) is 9.59 Å². The predicted molar refractivity (Wildman–Crippen MR) is 101 cm³/mol. The SMILES string of the molecule is CCOc1ccc(OCC)c(NC(=O)c2ccc(-c3ccco3)[nH]c2=O)c1. The maximum atomic E-state index is 12.6. The molecule has 3 aromatic rings. The molecule has 2 aromatic heterocycles. The highest BCUT2D eigenvalue weighted by Gasteiger charge is 2.15. The largest absolute Gasteiger partial charge is 0.494 e. The topological polar surface area (TPSA) is 93.6 Å². The highest BCUT2D eigenvalue weighted by atomic mass is 16.5. The summed E-state index contributed by atoms with van der Waals surface area (Å²) in [6.07, 6.45) is 1.51. The molecule has 27 heavy (non-hydrogen) atoms. The van der Waals surface area contributed by atoms with Gasteiger partial charge >= 0.3 is 0 Å². The fourth-order valence-corrected chi connectivity index (χ4v) is 2.56. The number of anilines is 1. The lowest BCUT2D eigenvalue weighted by atomic mass is 10.2. The van der Waals surface area contributed by atoms with Crippen molar-refractivity contribution >= 4 is 11.6 Å². The number of aromatic nitrogens is 1. The van der Waals surface area contributed by atoms with Crippen LogP contribution in [0.1, 0.15) is 24.2 Å². The van der Waals surface area contributed by atoms with Crippen LogP contribution in [0.25, 0.3) is 11.5 Å². The van der Waals surface area contributed by atoms with E-state index in [1.807, 2.05) is 13.8 Å². The molecular weight excluding hydrogens is 348 g/mol. The molecule has 2 N–H and O–H groups in total. The van der Waals surface area contributed by atoms with Gasteiger partial charge in [0.2, 0.25) is 0 Å². The second-order valence-electron chi connectivity index (χ2n) is 5.57. The Morgan fingerprint density at radius 3 is 2.59 bits per heavy atom. The number of amides is 1. The summed E-state index contributed by atoms with van der Waals surface area (Å²) in [4.78, 5) is 27.6. The predicted octanol–water partition coefficient (Wildman–Crippen LogP) is 3.68. The number of furan rings is 1. The first-order valence-corrected chi connectivity index (χ1v) is 8.60. The number of ether oxygens (including phenoxy) is 2. The molecule has 0 aliphatic heterocycles. The van der Waals surface area contributed by atoms with Crippen LogP contribution >= 0.6 is 0 Å². The Morgan fingerprint density at radius 2 is 1.93 bits per heavy atom. The zero-order chi connectivity index (χ0) is 19.2. The van der Waals surface area contributed by atoms with Crippen LogP contribution in [-0.2, 0) is 0 Å². The first-order chi connectivity index (χ1) is 13.1. The van der Waals surface area contributed by atoms with Gasteiger partial charge in [0.1, 0.15) is 22.8 Å². The molecule has 2 heterocycles. The zero-order valence-corrected chi connectivity index (χ0v) is 15.1. The Balaban J connectivity index is 1.86. The number of rotatable bonds is 7. The summed E-state index contributed by atoms with van der Waals surface area (Å²) >= 11 is 0. The maximum absolute atomic E-state index is 12.6. The second kappa shape index (κ2) is 8.27. The number of carbonyl (C=O) groups excluding carboxylic acids is 1. The molecule has 140 valence electrons. The number of aromatic amines is 1. The molecule has 1 aromatic carbocycles. The average Bonchev–Trinajstić information content (AvgIpc) is 3.19. The van der Waals surface area contributed by atoms with Crippen LogP contribution in [-0.4, -0.2) is 24.1 Å². The van der Waals surface area contributed by atoms with E-state index in [2.05, 4.69) is 10.3 Å². The minimum Gasteiger partial charge on any atom is -0.494 e. The van der Waals surface area contributed by atoms with Crippen molar-refractivity contribution in [2.24, 2.45) is 0 Å². The quantitative estimate of drug-likeness (QED) is 0.663. The molecule has 0 bridgehead atoms. The Morgan fingerprint density at radius 1 is 1.11 bits per heavy atom. The van der Waals surface area contributed by atoms with Crippen LogP contribution < -0.4 is 20.3 Å². The highest BCUT2D eigenvalue weighted by Crippen LogP contribution is 2.29. The summed E-state index contributed by atoms with van der Waals surface area (Å²) < 4.78 is 16.2. The van der Waals surface area contributed by atoms with Crippen molar-refractivity contribution in [1.29, 1.82) is 0 Å². The zero-order valence-electron chi connectivity index (χ0n) is 15.1. The molecule has 0 saturated heterocycles. The smallest absolute Gasteiger partial charge is 0.261 e. The van der Waals surface area contributed by atoms with Gasteiger partial charge in [-0.25, -0.2) is 0 Å². The number of hydrogen-bond donors (Lipinski definition) is 2. The Labute approximate surface area is 155 Å². The summed E-state index contributed by atoms with van der Waals surface area (Å²) in [5.41, 5.74) is 0.395. The molecule has 7 heteroatoms. The Hall–Kier alpha value is -3.48. The number of benzene rings is 1. The Kier molecular flexibility index (Phi) is 5.61. The van der Waals surface area contributed by atoms with Crippen LogP contribution in [0.15, 0.2) is 57.9 Å². The van der Waals surface area contributed by atoms with E-state index in [-0.39, 0.29) is 5.56 Å². The Bertz CT molecular complexity index is 976. The summed E-state index contributed by atoms with van der Waals surface area (Å²) in [5.74, 6) is 1.07. The molecule has 0 unspecified atom stereocenters. The number of hydrogen-bond acceptors (Lipinski definition) is 5. The van der Waals surface area contributed by atoms with Crippen LogP contribution in [0.3, 0.4) is 0 Å². The molecular formula is C20H20N2O5. The van der Waals surface area contributed by atoms with Crippen molar-refractivity contribution in [1.82, 2.24) is 4.98 Å². The third-order valence-electron chi connectivity index (χ3n) is 3.75. The van der Waals surface area contributed by atoms with E-state index in [1.165, 1.54) is 12.3 Å². The van der Waals surface area contributed by atoms with Gasteiger partial charge in [0.05, 0.1) is 30.9 Å². The van der Waals surface area contributed by atoms with Crippen LogP contribution in [0.5, 0.6) is 11.5 Å². The van der Waals surface area contributed by atoms with Gasteiger partial charge in [-0.05, 0) is 50.2 Å². The summed E-state index contributed by atoms with van der Waals surface area (Å²) in [6.45, 7) is 4.65. The first-order valence-electron chi connectivity index (χ1n) is 8.60. The molecule has 0 fully saturated rings. The van der Waals surface area contributed by atoms with Gasteiger partial charge in [-0.15, -0.1) is 0 Å². The number of carbonyl (C=O) groups is 1. The number of pyridine rings is 1. The molecule has 0 aliphatic rings. The van der Waals surface area contributed by atoms with Crippen molar-refractivity contribution in [3.8, 4) is 23.0 Å². The van der Waals surface area contributed by atoms with E-state index in [4.69, 9.17) is 13.9 Å². The van der Waals surface area contributed by atoms with E-state index >= 15 is 0 Å². The van der Waals surface area contributed by atoms with Gasteiger partial charge < -0.3 is 24.2 Å². The minimum atomic E-state index is -0.545. The number of nitrogens with one attached hydrogen (secondary N) is 2. The van der Waals surface area contributed by atoms with Gasteiger partial charge in [0.25, 0.3) is 11.5 Å². The number of H-pyrrole nitrogens is 1. The maximum Gasteiger partial charge on any atom is 0.261 e. The molecule has 3 rings (SSSR count). The third kappa shape index (κ3) is 4.20. The normalized spacial score (nSPS) is 10.4. The van der Waals surface area contributed by atoms with Crippen LogP contribution in [0.4, 0.5) is 5.69 Å². The molecule has 0 aliphatic carbocycles. The van der Waals surface area contributed by atoms with Crippen molar-refractivity contribution in [2.75, 3.05) is 18.5 Å². The lowest BCUT2D eigenvalue weighted by molar-refractivity contribution is 0.102. The fraction of sp³-hybridized carbons (Fsp3) is 0.200. The fourth-order valence-electron chi connectivity index (χ4n) is 2.56. The van der Waals surface area contributed by atoms with Gasteiger partial charge in [-0.1, -0.05) is 0 Å². The van der Waals surface area contributed by atoms with Crippen molar-refractivity contribution in [3.63, 3.8) is 0 Å². The molecule has 0 saturated carbocycles. The van der Waals surface area contributed by atoms with E-state index in [0.29, 0.717) is 41.9 Å². The second-order valence-corrected chi connectivity index (χ2v) is 5.57. The van der Waals surface area contributed by atoms with Crippen molar-refractivity contribution < 1.29 is 18.7 Å². The van der Waals surface area contributed by atoms with Crippen molar-refractivity contribution in [2.45, 2.75) is 13.8 Å². The highest BCUT2D eigenvalue weighted by molar-refractivity contribution is 6.05. The van der Waals surface area contributed by atoms with Gasteiger partial charge in [0.15, 0.2) is 0 Å². The van der Waals surface area contributed by atoms with Gasteiger partial charge in [-0.2, -0.15) is 0 Å². The lowest BCUT2D eigenvalue weighted by Crippen LogP contribution is -2.23. The summed E-state index contributed by atoms with van der Waals surface area (Å²) in [5, 5.41) is 2.72. The minimum absolute atomic E-state index is 0.0189. The summed E-state index contributed by atoms with van der Waals surface area (Å²) in [6, 6.07) is 11.7. The first kappa shape index (κ1) is 18.3. The molecule has 0 spiro atoms. The van der Waals surface area contributed by atoms with Crippen molar-refractivity contribution in [3.05, 3.63) is 64.6 Å². The average molecular weight is 368 g/mol. The van der Waals surface area contributed by atoms with Gasteiger partial charge in [-0.3, -0.25) is 9.59 Å².